The Bertz CT molecular complexity index is 1310. The molecule has 0 aromatic heterocycles. The van der Waals surface area contributed by atoms with Gasteiger partial charge < -0.3 is 24.8 Å². The number of nitrogens with one attached hydrogen (secondary N) is 1. The second kappa shape index (κ2) is 10.8. The van der Waals surface area contributed by atoms with Crippen molar-refractivity contribution in [2.75, 3.05) is 43.6 Å². The molecule has 0 atom stereocenters. The number of ether oxygens (including phenoxy) is 1. The molecule has 2 saturated heterocycles. The molecule has 0 bridgehead atoms. The van der Waals surface area contributed by atoms with Gasteiger partial charge in [0.15, 0.2) is 0 Å². The van der Waals surface area contributed by atoms with Crippen LogP contribution in [0.15, 0.2) is 78.9 Å². The van der Waals surface area contributed by atoms with Crippen molar-refractivity contribution in [3.63, 3.8) is 0 Å². The summed E-state index contributed by atoms with van der Waals surface area (Å²) in [7, 11) is 1.58. The van der Waals surface area contributed by atoms with E-state index in [1.54, 1.807) is 65.4 Å². The smallest absolute Gasteiger partial charge is 0.253 e. The van der Waals surface area contributed by atoms with Crippen molar-refractivity contribution in [3.05, 3.63) is 89.4 Å². The van der Waals surface area contributed by atoms with Crippen LogP contribution in [0.5, 0.6) is 5.75 Å². The zero-order valence-corrected chi connectivity index (χ0v) is 21.9. The van der Waals surface area contributed by atoms with Crippen LogP contribution >= 0.6 is 11.6 Å². The molecule has 2 aliphatic heterocycles. The van der Waals surface area contributed by atoms with Gasteiger partial charge in [-0.3, -0.25) is 14.4 Å². The van der Waals surface area contributed by atoms with Crippen LogP contribution in [0.1, 0.15) is 23.2 Å². The SMILES string of the molecule is COc1ccc(NC(=O)CN2CN(c3ccccc3)C3(CCN(C(=O)c4ccc(Cl)cc4)CC3)C2=O)cc1. The molecular weight excluding hydrogens is 504 g/mol. The van der Waals surface area contributed by atoms with E-state index in [4.69, 9.17) is 16.3 Å². The molecule has 2 heterocycles. The third-order valence-corrected chi connectivity index (χ3v) is 7.51. The fourth-order valence-electron chi connectivity index (χ4n) is 5.23. The molecule has 0 saturated carbocycles. The molecular formula is C29H29ClN4O4. The van der Waals surface area contributed by atoms with Gasteiger partial charge in [0.2, 0.25) is 5.91 Å². The summed E-state index contributed by atoms with van der Waals surface area (Å²) in [5.41, 5.74) is 1.29. The van der Waals surface area contributed by atoms with Gasteiger partial charge >= 0.3 is 0 Å². The lowest BCUT2D eigenvalue weighted by Crippen LogP contribution is -2.57. The Hall–Kier alpha value is -4.04. The summed E-state index contributed by atoms with van der Waals surface area (Å²) in [5, 5.41) is 3.44. The largest absolute Gasteiger partial charge is 0.497 e. The van der Waals surface area contributed by atoms with Gasteiger partial charge in [-0.1, -0.05) is 29.8 Å². The Morgan fingerprint density at radius 2 is 1.61 bits per heavy atom. The third-order valence-electron chi connectivity index (χ3n) is 7.26. The van der Waals surface area contributed by atoms with Crippen LogP contribution in [-0.2, 0) is 9.59 Å². The Morgan fingerprint density at radius 1 is 0.947 bits per heavy atom. The number of carbonyl (C=O) groups excluding carboxylic acids is 3. The van der Waals surface area contributed by atoms with E-state index in [1.807, 2.05) is 30.3 Å². The van der Waals surface area contributed by atoms with Crippen LogP contribution < -0.4 is 15.0 Å². The average molecular weight is 533 g/mol. The fourth-order valence-corrected chi connectivity index (χ4v) is 5.35. The van der Waals surface area contributed by atoms with Crippen LogP contribution in [0, 0.1) is 0 Å². The Kier molecular flexibility index (Phi) is 7.24. The molecule has 0 aliphatic carbocycles. The summed E-state index contributed by atoms with van der Waals surface area (Å²) in [6, 6.07) is 23.6. The first-order valence-corrected chi connectivity index (χ1v) is 12.9. The normalized spacial score (nSPS) is 16.6. The van der Waals surface area contributed by atoms with Gasteiger partial charge in [-0.25, -0.2) is 0 Å². The number of carbonyl (C=O) groups is 3. The zero-order valence-electron chi connectivity index (χ0n) is 21.1. The van der Waals surface area contributed by atoms with Crippen LogP contribution in [0.4, 0.5) is 11.4 Å². The minimum atomic E-state index is -0.821. The number of para-hydroxylation sites is 1. The van der Waals surface area contributed by atoms with E-state index in [9.17, 15) is 14.4 Å². The van der Waals surface area contributed by atoms with Crippen molar-refractivity contribution >= 4 is 40.7 Å². The summed E-state index contributed by atoms with van der Waals surface area (Å²) < 4.78 is 5.16. The maximum Gasteiger partial charge on any atom is 0.253 e. The van der Waals surface area contributed by atoms with Crippen molar-refractivity contribution in [3.8, 4) is 5.75 Å². The van der Waals surface area contributed by atoms with E-state index >= 15 is 0 Å². The average Bonchev–Trinajstić information content (AvgIpc) is 3.20. The summed E-state index contributed by atoms with van der Waals surface area (Å²) in [6.07, 6.45) is 0.938. The first kappa shape index (κ1) is 25.6. The molecule has 1 N–H and O–H groups in total. The summed E-state index contributed by atoms with van der Waals surface area (Å²) in [4.78, 5) is 45.3. The molecule has 8 nitrogen and oxygen atoms in total. The first-order valence-electron chi connectivity index (χ1n) is 12.5. The molecule has 0 radical (unpaired) electrons. The fraction of sp³-hybridized carbons (Fsp3) is 0.276. The second-order valence-electron chi connectivity index (χ2n) is 9.52. The molecule has 3 aromatic rings. The number of piperidine rings is 1. The number of halogens is 1. The van der Waals surface area contributed by atoms with Gasteiger partial charge in [0, 0.05) is 35.1 Å². The minimum Gasteiger partial charge on any atom is -0.497 e. The highest BCUT2D eigenvalue weighted by molar-refractivity contribution is 6.30. The van der Waals surface area contributed by atoms with E-state index in [1.165, 1.54) is 0 Å². The number of methoxy groups -OCH3 is 1. The van der Waals surface area contributed by atoms with Crippen molar-refractivity contribution < 1.29 is 19.1 Å². The van der Waals surface area contributed by atoms with E-state index in [0.717, 1.165) is 5.69 Å². The Balaban J connectivity index is 1.32. The minimum absolute atomic E-state index is 0.0661. The predicted octanol–water partition coefficient (Wildman–Crippen LogP) is 4.27. The van der Waals surface area contributed by atoms with Gasteiger partial charge in [0.1, 0.15) is 17.8 Å². The van der Waals surface area contributed by atoms with Crippen LogP contribution in [-0.4, -0.2) is 66.5 Å². The number of nitrogens with zero attached hydrogens (tertiary/aromatic N) is 3. The maximum atomic E-state index is 13.9. The molecule has 0 unspecified atom stereocenters. The second-order valence-corrected chi connectivity index (χ2v) is 9.95. The van der Waals surface area contributed by atoms with Crippen LogP contribution in [0.2, 0.25) is 5.02 Å². The van der Waals surface area contributed by atoms with Crippen LogP contribution in [0.3, 0.4) is 0 Å². The topological polar surface area (TPSA) is 82.2 Å². The molecule has 196 valence electrons. The molecule has 9 heteroatoms. The number of amides is 3. The lowest BCUT2D eigenvalue weighted by molar-refractivity contribution is -0.136. The van der Waals surface area contributed by atoms with Crippen molar-refractivity contribution in [1.82, 2.24) is 9.80 Å². The number of hydrogen-bond donors (Lipinski definition) is 1. The Morgan fingerprint density at radius 3 is 2.24 bits per heavy atom. The van der Waals surface area contributed by atoms with Crippen LogP contribution in [0.25, 0.3) is 0 Å². The first-order chi connectivity index (χ1) is 18.4. The monoisotopic (exact) mass is 532 g/mol. The summed E-state index contributed by atoms with van der Waals surface area (Å²) in [5.74, 6) is 0.247. The highest BCUT2D eigenvalue weighted by Gasteiger charge is 2.54. The standard InChI is InChI=1S/C29H29ClN4O4/c1-38-25-13-11-23(12-14-25)31-26(35)19-33-20-34(24-5-3-2-4-6-24)29(28(33)37)15-17-32(18-16-29)27(36)21-7-9-22(30)10-8-21/h2-14H,15-20H2,1H3,(H,31,35). The molecule has 2 fully saturated rings. The highest BCUT2D eigenvalue weighted by atomic mass is 35.5. The predicted molar refractivity (Wildman–Crippen MR) is 146 cm³/mol. The number of hydrogen-bond acceptors (Lipinski definition) is 5. The quantitative estimate of drug-likeness (QED) is 0.513. The Labute approximate surface area is 226 Å². The summed E-state index contributed by atoms with van der Waals surface area (Å²) >= 11 is 5.98. The van der Waals surface area contributed by atoms with E-state index in [0.29, 0.717) is 54.6 Å². The van der Waals surface area contributed by atoms with E-state index < -0.39 is 5.54 Å². The maximum absolute atomic E-state index is 13.9. The summed E-state index contributed by atoms with van der Waals surface area (Å²) in [6.45, 7) is 1.10. The number of rotatable bonds is 6. The number of anilines is 2. The van der Waals surface area contributed by atoms with Gasteiger partial charge in [-0.15, -0.1) is 0 Å². The van der Waals surface area contributed by atoms with Crippen molar-refractivity contribution in [2.24, 2.45) is 0 Å². The van der Waals surface area contributed by atoms with Gasteiger partial charge in [-0.2, -0.15) is 0 Å². The van der Waals surface area contributed by atoms with Crippen molar-refractivity contribution in [1.29, 1.82) is 0 Å². The molecule has 38 heavy (non-hydrogen) atoms. The number of likely N-dealkylation sites (tertiary alicyclic amines) is 1. The molecule has 3 amide bonds. The molecule has 3 aromatic carbocycles. The molecule has 2 aliphatic rings. The lowest BCUT2D eigenvalue weighted by atomic mass is 9.85. The van der Waals surface area contributed by atoms with E-state index in [-0.39, 0.29) is 24.3 Å². The highest BCUT2D eigenvalue weighted by Crippen LogP contribution is 2.39. The lowest BCUT2D eigenvalue weighted by Gasteiger charge is -2.43. The molecule has 1 spiro atoms. The zero-order chi connectivity index (χ0) is 26.7. The van der Waals surface area contributed by atoms with Gasteiger partial charge in [-0.05, 0) is 73.5 Å². The van der Waals surface area contributed by atoms with Crippen molar-refractivity contribution in [2.45, 2.75) is 18.4 Å². The van der Waals surface area contributed by atoms with Gasteiger partial charge in [0.25, 0.3) is 11.8 Å². The van der Waals surface area contributed by atoms with Gasteiger partial charge in [0.05, 0.1) is 13.8 Å². The third kappa shape index (κ3) is 5.04. The number of benzene rings is 3. The van der Waals surface area contributed by atoms with E-state index in [2.05, 4.69) is 10.2 Å². The molecule has 5 rings (SSSR count).